The zero-order chi connectivity index (χ0) is 16.1. The number of benzene rings is 1. The molecule has 1 N–H and O–H groups in total. The van der Waals surface area contributed by atoms with E-state index in [1.807, 2.05) is 45.0 Å². The first-order chi connectivity index (χ1) is 10.5. The van der Waals surface area contributed by atoms with Gasteiger partial charge in [0.05, 0.1) is 29.5 Å². The number of hydrogen-bond donors (Lipinski definition) is 1. The highest BCUT2D eigenvalue weighted by Gasteiger charge is 2.16. The molecule has 6 heteroatoms. The second-order valence-electron chi connectivity index (χ2n) is 5.08. The van der Waals surface area contributed by atoms with Crippen LogP contribution in [0.4, 0.5) is 5.69 Å². The molecule has 0 bridgehead atoms. The summed E-state index contributed by atoms with van der Waals surface area (Å²) in [5, 5.41) is 6.53. The highest BCUT2D eigenvalue weighted by atomic mass is 32.2. The molecule has 1 aromatic heterocycles. The quantitative estimate of drug-likeness (QED) is 0.881. The standard InChI is InChI=1S/C16H20N2O3S/c1-10-5-6-15(20-4)14(7-10)17-16(19)12(3)22-9-13-8-11(2)18-21-13/h5-8,12H,9H2,1-4H3,(H,17,19). The van der Waals surface area contributed by atoms with E-state index in [0.717, 1.165) is 17.0 Å². The van der Waals surface area contributed by atoms with Gasteiger partial charge >= 0.3 is 0 Å². The molecule has 2 rings (SSSR count). The summed E-state index contributed by atoms with van der Waals surface area (Å²) in [7, 11) is 1.59. The van der Waals surface area contributed by atoms with Crippen molar-refractivity contribution < 1.29 is 14.1 Å². The van der Waals surface area contributed by atoms with E-state index in [2.05, 4.69) is 10.5 Å². The Morgan fingerprint density at radius 1 is 1.41 bits per heavy atom. The van der Waals surface area contributed by atoms with Crippen molar-refractivity contribution in [1.29, 1.82) is 0 Å². The Balaban J connectivity index is 1.95. The van der Waals surface area contributed by atoms with Crippen LogP contribution in [0, 0.1) is 13.8 Å². The normalized spacial score (nSPS) is 12.0. The van der Waals surface area contributed by atoms with Crippen molar-refractivity contribution in [3.05, 3.63) is 41.3 Å². The Hall–Kier alpha value is -1.95. The summed E-state index contributed by atoms with van der Waals surface area (Å²) >= 11 is 1.50. The Labute approximate surface area is 134 Å². The second kappa shape index (κ2) is 7.35. The number of amides is 1. The topological polar surface area (TPSA) is 64.4 Å². The van der Waals surface area contributed by atoms with Crippen molar-refractivity contribution in [3.8, 4) is 5.75 Å². The molecule has 1 heterocycles. The second-order valence-corrected chi connectivity index (χ2v) is 6.41. The lowest BCUT2D eigenvalue weighted by atomic mass is 10.2. The maximum absolute atomic E-state index is 12.3. The molecule has 118 valence electrons. The number of nitrogens with one attached hydrogen (secondary N) is 1. The number of carbonyl (C=O) groups excluding carboxylic acids is 1. The predicted octanol–water partition coefficient (Wildman–Crippen LogP) is 3.56. The average molecular weight is 320 g/mol. The Morgan fingerprint density at radius 3 is 2.82 bits per heavy atom. The molecular weight excluding hydrogens is 300 g/mol. The van der Waals surface area contributed by atoms with E-state index in [0.29, 0.717) is 17.2 Å². The molecule has 0 saturated heterocycles. The van der Waals surface area contributed by atoms with Crippen LogP contribution in [0.1, 0.15) is 23.9 Å². The number of aryl methyl sites for hydroxylation is 2. The van der Waals surface area contributed by atoms with Gasteiger partial charge in [-0.1, -0.05) is 11.2 Å². The van der Waals surface area contributed by atoms with E-state index in [9.17, 15) is 4.79 Å². The fourth-order valence-corrected chi connectivity index (χ4v) is 2.68. The zero-order valence-electron chi connectivity index (χ0n) is 13.2. The minimum Gasteiger partial charge on any atom is -0.495 e. The van der Waals surface area contributed by atoms with Crippen molar-refractivity contribution in [3.63, 3.8) is 0 Å². The van der Waals surface area contributed by atoms with Gasteiger partial charge in [0.1, 0.15) is 11.5 Å². The maximum atomic E-state index is 12.3. The molecule has 5 nitrogen and oxygen atoms in total. The average Bonchev–Trinajstić information content (AvgIpc) is 2.90. The van der Waals surface area contributed by atoms with Gasteiger partial charge in [-0.15, -0.1) is 11.8 Å². The van der Waals surface area contributed by atoms with Gasteiger partial charge in [-0.2, -0.15) is 0 Å². The van der Waals surface area contributed by atoms with Crippen LogP contribution < -0.4 is 10.1 Å². The molecule has 1 amide bonds. The SMILES string of the molecule is COc1ccc(C)cc1NC(=O)C(C)SCc1cc(C)no1. The minimum atomic E-state index is -0.212. The number of thioether (sulfide) groups is 1. The van der Waals surface area contributed by atoms with E-state index >= 15 is 0 Å². The predicted molar refractivity (Wildman–Crippen MR) is 88.4 cm³/mol. The van der Waals surface area contributed by atoms with Crippen molar-refractivity contribution >= 4 is 23.4 Å². The molecule has 1 atom stereocenters. The Morgan fingerprint density at radius 2 is 2.18 bits per heavy atom. The molecule has 0 aliphatic rings. The summed E-state index contributed by atoms with van der Waals surface area (Å²) < 4.78 is 10.4. The number of carbonyl (C=O) groups is 1. The van der Waals surface area contributed by atoms with Crippen LogP contribution in [0.3, 0.4) is 0 Å². The molecule has 1 unspecified atom stereocenters. The lowest BCUT2D eigenvalue weighted by molar-refractivity contribution is -0.115. The molecule has 0 aliphatic carbocycles. The molecule has 0 saturated carbocycles. The summed E-state index contributed by atoms with van der Waals surface area (Å²) in [5.74, 6) is 1.97. The fourth-order valence-electron chi connectivity index (χ4n) is 1.92. The number of nitrogens with zero attached hydrogens (tertiary/aromatic N) is 1. The van der Waals surface area contributed by atoms with Crippen molar-refractivity contribution in [2.45, 2.75) is 31.8 Å². The highest BCUT2D eigenvalue weighted by molar-refractivity contribution is 7.99. The first-order valence-corrected chi connectivity index (χ1v) is 8.03. The lowest BCUT2D eigenvalue weighted by Crippen LogP contribution is -2.23. The highest BCUT2D eigenvalue weighted by Crippen LogP contribution is 2.26. The number of anilines is 1. The van der Waals surface area contributed by atoms with E-state index < -0.39 is 0 Å². The summed E-state index contributed by atoms with van der Waals surface area (Å²) in [6.45, 7) is 5.71. The number of hydrogen-bond acceptors (Lipinski definition) is 5. The van der Waals surface area contributed by atoms with Crippen molar-refractivity contribution in [2.24, 2.45) is 0 Å². The van der Waals surface area contributed by atoms with Crippen LogP contribution in [0.2, 0.25) is 0 Å². The third-order valence-electron chi connectivity index (χ3n) is 3.13. The van der Waals surface area contributed by atoms with Gasteiger partial charge in [0, 0.05) is 6.07 Å². The van der Waals surface area contributed by atoms with Gasteiger partial charge in [0.15, 0.2) is 0 Å². The third-order valence-corrected chi connectivity index (χ3v) is 4.30. The van der Waals surface area contributed by atoms with Crippen molar-refractivity contribution in [1.82, 2.24) is 5.16 Å². The largest absolute Gasteiger partial charge is 0.495 e. The summed E-state index contributed by atoms with van der Waals surface area (Å²) in [6, 6.07) is 7.56. The van der Waals surface area contributed by atoms with E-state index in [1.54, 1.807) is 7.11 Å². The molecule has 2 aromatic rings. The monoisotopic (exact) mass is 320 g/mol. The summed E-state index contributed by atoms with van der Waals surface area (Å²) in [5.41, 5.74) is 2.60. The molecule has 22 heavy (non-hydrogen) atoms. The summed E-state index contributed by atoms with van der Waals surface area (Å²) in [6.07, 6.45) is 0. The maximum Gasteiger partial charge on any atom is 0.237 e. The molecule has 0 spiro atoms. The smallest absolute Gasteiger partial charge is 0.237 e. The number of methoxy groups -OCH3 is 1. The van der Waals surface area contributed by atoms with Crippen LogP contribution in [-0.4, -0.2) is 23.4 Å². The van der Waals surface area contributed by atoms with Crippen LogP contribution in [-0.2, 0) is 10.5 Å². The Kier molecular flexibility index (Phi) is 5.49. The van der Waals surface area contributed by atoms with Gasteiger partial charge < -0.3 is 14.6 Å². The van der Waals surface area contributed by atoms with Crippen LogP contribution in [0.25, 0.3) is 0 Å². The summed E-state index contributed by atoms with van der Waals surface area (Å²) in [4.78, 5) is 12.3. The minimum absolute atomic E-state index is 0.0647. The van der Waals surface area contributed by atoms with Crippen molar-refractivity contribution in [2.75, 3.05) is 12.4 Å². The first-order valence-electron chi connectivity index (χ1n) is 6.99. The van der Waals surface area contributed by atoms with Gasteiger partial charge in [-0.3, -0.25) is 4.79 Å². The van der Waals surface area contributed by atoms with Gasteiger partial charge in [0.2, 0.25) is 5.91 Å². The molecular formula is C16H20N2O3S. The number of aromatic nitrogens is 1. The molecule has 0 aliphatic heterocycles. The van der Waals surface area contributed by atoms with E-state index in [-0.39, 0.29) is 11.2 Å². The van der Waals surface area contributed by atoms with Crippen LogP contribution >= 0.6 is 11.8 Å². The molecule has 1 aromatic carbocycles. The fraction of sp³-hybridized carbons (Fsp3) is 0.375. The number of rotatable bonds is 6. The van der Waals surface area contributed by atoms with E-state index in [4.69, 9.17) is 9.26 Å². The first kappa shape index (κ1) is 16.4. The van der Waals surface area contributed by atoms with Gasteiger partial charge in [0.25, 0.3) is 0 Å². The zero-order valence-corrected chi connectivity index (χ0v) is 14.0. The van der Waals surface area contributed by atoms with Gasteiger partial charge in [-0.05, 0) is 38.5 Å². The van der Waals surface area contributed by atoms with Crippen LogP contribution in [0.5, 0.6) is 5.75 Å². The van der Waals surface area contributed by atoms with E-state index in [1.165, 1.54) is 11.8 Å². The van der Waals surface area contributed by atoms with Gasteiger partial charge in [-0.25, -0.2) is 0 Å². The Bertz CT molecular complexity index is 655. The third kappa shape index (κ3) is 4.27. The molecule has 0 radical (unpaired) electrons. The molecule has 0 fully saturated rings. The lowest BCUT2D eigenvalue weighted by Gasteiger charge is -2.14. The van der Waals surface area contributed by atoms with Crippen LogP contribution in [0.15, 0.2) is 28.8 Å². The number of ether oxygens (including phenoxy) is 1.